The van der Waals surface area contributed by atoms with Gasteiger partial charge in [0.2, 0.25) is 11.8 Å². The van der Waals surface area contributed by atoms with Crippen LogP contribution in [0.1, 0.15) is 26.7 Å². The van der Waals surface area contributed by atoms with Gasteiger partial charge in [0.15, 0.2) is 0 Å². The molecule has 0 spiro atoms. The lowest BCUT2D eigenvalue weighted by molar-refractivity contribution is -0.131. The minimum Gasteiger partial charge on any atom is -0.354 e. The summed E-state index contributed by atoms with van der Waals surface area (Å²) in [6, 6.07) is -0.0978. The van der Waals surface area contributed by atoms with Gasteiger partial charge in [-0.25, -0.2) is 0 Å². The van der Waals surface area contributed by atoms with Gasteiger partial charge in [0, 0.05) is 38.5 Å². The number of hydrogen-bond acceptors (Lipinski definition) is 3. The maximum absolute atomic E-state index is 11.9. The predicted octanol–water partition coefficient (Wildman–Crippen LogP) is -0.292. The Balaban J connectivity index is 2.44. The molecule has 1 unspecified atom stereocenters. The number of carbonyl (C=O) groups excluding carboxylic acids is 2. The maximum Gasteiger partial charge on any atom is 0.224 e. The first kappa shape index (κ1) is 13.0. The van der Waals surface area contributed by atoms with E-state index in [1.165, 1.54) is 0 Å². The summed E-state index contributed by atoms with van der Waals surface area (Å²) in [6.07, 6.45) is 0.758. The highest BCUT2D eigenvalue weighted by atomic mass is 16.2. The lowest BCUT2D eigenvalue weighted by Gasteiger charge is -2.23. The van der Waals surface area contributed by atoms with Crippen LogP contribution >= 0.6 is 0 Å². The second kappa shape index (κ2) is 5.84. The molecule has 5 heteroatoms. The van der Waals surface area contributed by atoms with Crippen molar-refractivity contribution in [2.75, 3.05) is 19.6 Å². The summed E-state index contributed by atoms with van der Waals surface area (Å²) in [7, 11) is 0. The van der Waals surface area contributed by atoms with E-state index in [2.05, 4.69) is 5.32 Å². The zero-order valence-corrected chi connectivity index (χ0v) is 10.0. The molecule has 92 valence electrons. The van der Waals surface area contributed by atoms with Crippen molar-refractivity contribution >= 4 is 11.8 Å². The average Bonchev–Trinajstić information content (AvgIpc) is 2.42. The van der Waals surface area contributed by atoms with E-state index in [1.807, 2.05) is 13.8 Å². The number of hydrogen-bond donors (Lipinski definition) is 2. The molecule has 5 nitrogen and oxygen atoms in total. The van der Waals surface area contributed by atoms with E-state index in [0.717, 1.165) is 0 Å². The fourth-order valence-corrected chi connectivity index (χ4v) is 1.58. The summed E-state index contributed by atoms with van der Waals surface area (Å²) in [5.74, 6) is 0.372. The highest BCUT2D eigenvalue weighted by Crippen LogP contribution is 2.07. The third-order valence-electron chi connectivity index (χ3n) is 2.93. The van der Waals surface area contributed by atoms with Crippen LogP contribution in [-0.2, 0) is 9.59 Å². The molecular formula is C11H21N3O2. The zero-order chi connectivity index (χ0) is 12.1. The number of rotatable bonds is 3. The molecule has 1 rings (SSSR count). The van der Waals surface area contributed by atoms with Crippen molar-refractivity contribution in [2.45, 2.75) is 32.7 Å². The van der Waals surface area contributed by atoms with Gasteiger partial charge in [-0.05, 0) is 5.92 Å². The van der Waals surface area contributed by atoms with E-state index in [4.69, 9.17) is 5.73 Å². The number of nitrogens with two attached hydrogens (primary N) is 1. The standard InChI is InChI=1S/C11H21N3O2/c1-8(2)9(12)7-11(16)14-5-3-10(15)13-4-6-14/h8-9H,3-7,12H2,1-2H3,(H,13,15). The number of nitrogens with one attached hydrogen (secondary N) is 1. The number of carbonyl (C=O) groups is 2. The fraction of sp³-hybridized carbons (Fsp3) is 0.818. The van der Waals surface area contributed by atoms with E-state index in [0.29, 0.717) is 38.4 Å². The minimum atomic E-state index is -0.0978. The molecule has 0 aromatic rings. The lowest BCUT2D eigenvalue weighted by atomic mass is 10.0. The Morgan fingerprint density at radius 2 is 2.19 bits per heavy atom. The van der Waals surface area contributed by atoms with Crippen LogP contribution in [0.5, 0.6) is 0 Å². The zero-order valence-electron chi connectivity index (χ0n) is 10.0. The third-order valence-corrected chi connectivity index (χ3v) is 2.93. The maximum atomic E-state index is 11.9. The van der Waals surface area contributed by atoms with Crippen molar-refractivity contribution in [1.82, 2.24) is 10.2 Å². The molecule has 0 aromatic heterocycles. The Kier molecular flexibility index (Phi) is 4.73. The molecule has 0 radical (unpaired) electrons. The van der Waals surface area contributed by atoms with Crippen LogP contribution in [0.3, 0.4) is 0 Å². The Morgan fingerprint density at radius 3 is 2.81 bits per heavy atom. The highest BCUT2D eigenvalue weighted by Gasteiger charge is 2.21. The van der Waals surface area contributed by atoms with Crippen molar-refractivity contribution in [2.24, 2.45) is 11.7 Å². The molecule has 1 fully saturated rings. The fourth-order valence-electron chi connectivity index (χ4n) is 1.58. The van der Waals surface area contributed by atoms with Crippen LogP contribution in [0.15, 0.2) is 0 Å². The van der Waals surface area contributed by atoms with E-state index < -0.39 is 0 Å². The molecule has 16 heavy (non-hydrogen) atoms. The van der Waals surface area contributed by atoms with E-state index >= 15 is 0 Å². The largest absolute Gasteiger partial charge is 0.354 e. The van der Waals surface area contributed by atoms with Gasteiger partial charge in [-0.3, -0.25) is 9.59 Å². The normalized spacial score (nSPS) is 19.2. The summed E-state index contributed by atoms with van der Waals surface area (Å²) < 4.78 is 0. The quantitative estimate of drug-likeness (QED) is 0.695. The van der Waals surface area contributed by atoms with Crippen LogP contribution in [0.25, 0.3) is 0 Å². The molecule has 1 saturated heterocycles. The van der Waals surface area contributed by atoms with Gasteiger partial charge < -0.3 is 16.0 Å². The summed E-state index contributed by atoms with van der Waals surface area (Å²) in [6.45, 7) is 5.66. The van der Waals surface area contributed by atoms with Gasteiger partial charge >= 0.3 is 0 Å². The first-order valence-electron chi connectivity index (χ1n) is 5.80. The molecule has 0 aliphatic carbocycles. The molecule has 0 aromatic carbocycles. The molecule has 3 N–H and O–H groups in total. The predicted molar refractivity (Wildman–Crippen MR) is 61.6 cm³/mol. The monoisotopic (exact) mass is 227 g/mol. The Hall–Kier alpha value is -1.10. The highest BCUT2D eigenvalue weighted by molar-refractivity contribution is 5.80. The van der Waals surface area contributed by atoms with Crippen molar-refractivity contribution in [3.63, 3.8) is 0 Å². The van der Waals surface area contributed by atoms with Crippen LogP contribution in [0.2, 0.25) is 0 Å². The van der Waals surface area contributed by atoms with Crippen molar-refractivity contribution < 1.29 is 9.59 Å². The first-order chi connectivity index (χ1) is 7.50. The van der Waals surface area contributed by atoms with Crippen LogP contribution < -0.4 is 11.1 Å². The van der Waals surface area contributed by atoms with Gasteiger partial charge in [-0.2, -0.15) is 0 Å². The van der Waals surface area contributed by atoms with Crippen LogP contribution in [0.4, 0.5) is 0 Å². The molecular weight excluding hydrogens is 206 g/mol. The van der Waals surface area contributed by atoms with E-state index in [9.17, 15) is 9.59 Å². The first-order valence-corrected chi connectivity index (χ1v) is 5.80. The van der Waals surface area contributed by atoms with Gasteiger partial charge in [0.1, 0.15) is 0 Å². The molecule has 1 aliphatic rings. The topological polar surface area (TPSA) is 75.4 Å². The van der Waals surface area contributed by atoms with Crippen molar-refractivity contribution in [3.8, 4) is 0 Å². The third kappa shape index (κ3) is 3.81. The molecule has 0 saturated carbocycles. The summed E-state index contributed by atoms with van der Waals surface area (Å²) in [4.78, 5) is 24.7. The van der Waals surface area contributed by atoms with Crippen LogP contribution in [-0.4, -0.2) is 42.4 Å². The van der Waals surface area contributed by atoms with Gasteiger partial charge in [0.25, 0.3) is 0 Å². The Bertz CT molecular complexity index is 266. The van der Waals surface area contributed by atoms with E-state index in [-0.39, 0.29) is 17.9 Å². The molecule has 1 heterocycles. The summed E-state index contributed by atoms with van der Waals surface area (Å²) >= 11 is 0. The van der Waals surface area contributed by atoms with Crippen LogP contribution in [0, 0.1) is 5.92 Å². The number of nitrogens with zero attached hydrogens (tertiary/aromatic N) is 1. The SMILES string of the molecule is CC(C)C(N)CC(=O)N1CCNC(=O)CC1. The second-order valence-electron chi connectivity index (χ2n) is 4.59. The molecule has 0 bridgehead atoms. The smallest absolute Gasteiger partial charge is 0.224 e. The Labute approximate surface area is 96.4 Å². The minimum absolute atomic E-state index is 0.0171. The lowest BCUT2D eigenvalue weighted by Crippen LogP contribution is -2.39. The van der Waals surface area contributed by atoms with Crippen molar-refractivity contribution in [1.29, 1.82) is 0 Å². The van der Waals surface area contributed by atoms with Gasteiger partial charge in [0.05, 0.1) is 0 Å². The number of amides is 2. The average molecular weight is 227 g/mol. The molecule has 1 atom stereocenters. The van der Waals surface area contributed by atoms with E-state index in [1.54, 1.807) is 4.90 Å². The molecule has 1 aliphatic heterocycles. The van der Waals surface area contributed by atoms with Gasteiger partial charge in [-0.1, -0.05) is 13.8 Å². The van der Waals surface area contributed by atoms with Gasteiger partial charge in [-0.15, -0.1) is 0 Å². The summed E-state index contributed by atoms with van der Waals surface area (Å²) in [5.41, 5.74) is 5.86. The van der Waals surface area contributed by atoms with Crippen molar-refractivity contribution in [3.05, 3.63) is 0 Å². The summed E-state index contributed by atoms with van der Waals surface area (Å²) in [5, 5.41) is 2.74. The second-order valence-corrected chi connectivity index (χ2v) is 4.59. The Morgan fingerprint density at radius 1 is 1.50 bits per heavy atom. The molecule has 2 amide bonds.